The number of hydrogen-bond donors (Lipinski definition) is 1. The Morgan fingerprint density at radius 1 is 1.50 bits per heavy atom. The number of nitrogens with one attached hydrogen (secondary N) is 1. The number of hydrogen-bond acceptors (Lipinski definition) is 4. The van der Waals surface area contributed by atoms with Crippen LogP contribution in [0.25, 0.3) is 0 Å². The van der Waals surface area contributed by atoms with Gasteiger partial charge in [0.2, 0.25) is 0 Å². The van der Waals surface area contributed by atoms with E-state index in [1.165, 1.54) is 0 Å². The molecule has 18 heavy (non-hydrogen) atoms. The SMILES string of the molecule is CSC(C)(C)CNc1nccn(CC(C)C)c1=O. The maximum absolute atomic E-state index is 12.1. The lowest BCUT2D eigenvalue weighted by atomic mass is 10.2. The zero-order chi connectivity index (χ0) is 13.8. The largest absolute Gasteiger partial charge is 0.364 e. The summed E-state index contributed by atoms with van der Waals surface area (Å²) in [7, 11) is 0. The van der Waals surface area contributed by atoms with Gasteiger partial charge in [0.25, 0.3) is 5.56 Å². The predicted molar refractivity (Wildman–Crippen MR) is 79.4 cm³/mol. The summed E-state index contributed by atoms with van der Waals surface area (Å²) in [4.78, 5) is 16.3. The Morgan fingerprint density at radius 2 is 2.17 bits per heavy atom. The molecule has 0 aromatic carbocycles. The first kappa shape index (κ1) is 15.1. The Kier molecular flexibility index (Phi) is 5.26. The summed E-state index contributed by atoms with van der Waals surface area (Å²) in [5.74, 6) is 0.890. The van der Waals surface area contributed by atoms with Gasteiger partial charge in [-0.15, -0.1) is 0 Å². The third kappa shape index (κ3) is 4.37. The van der Waals surface area contributed by atoms with Crippen LogP contribution in [0.1, 0.15) is 27.7 Å². The van der Waals surface area contributed by atoms with Gasteiger partial charge in [0.1, 0.15) is 0 Å². The summed E-state index contributed by atoms with van der Waals surface area (Å²) in [5.41, 5.74) is -0.0388. The second-order valence-corrected chi connectivity index (χ2v) is 6.96. The van der Waals surface area contributed by atoms with E-state index in [0.29, 0.717) is 11.7 Å². The molecule has 0 amide bonds. The lowest BCUT2D eigenvalue weighted by Crippen LogP contribution is -2.31. The molecule has 0 bridgehead atoms. The number of aromatic nitrogens is 2. The number of anilines is 1. The molecular formula is C13H23N3OS. The zero-order valence-electron chi connectivity index (χ0n) is 11.9. The average Bonchev–Trinajstić information content (AvgIpc) is 2.30. The van der Waals surface area contributed by atoms with E-state index in [9.17, 15) is 4.79 Å². The van der Waals surface area contributed by atoms with Crippen LogP contribution in [0.3, 0.4) is 0 Å². The van der Waals surface area contributed by atoms with Crippen molar-refractivity contribution in [2.75, 3.05) is 18.1 Å². The van der Waals surface area contributed by atoms with Gasteiger partial charge in [-0.3, -0.25) is 4.79 Å². The van der Waals surface area contributed by atoms with Gasteiger partial charge in [0.15, 0.2) is 5.82 Å². The highest BCUT2D eigenvalue weighted by molar-refractivity contribution is 7.99. The van der Waals surface area contributed by atoms with E-state index in [-0.39, 0.29) is 10.3 Å². The minimum Gasteiger partial charge on any atom is -0.364 e. The van der Waals surface area contributed by atoms with Gasteiger partial charge in [-0.25, -0.2) is 4.98 Å². The van der Waals surface area contributed by atoms with Crippen molar-refractivity contribution >= 4 is 17.6 Å². The Bertz CT molecular complexity index is 440. The van der Waals surface area contributed by atoms with Gasteiger partial charge in [0.05, 0.1) is 0 Å². The second kappa shape index (κ2) is 6.27. The summed E-state index contributed by atoms with van der Waals surface area (Å²) in [6.45, 7) is 9.91. The molecule has 0 aliphatic heterocycles. The molecule has 0 atom stereocenters. The van der Waals surface area contributed by atoms with E-state index in [2.05, 4.69) is 44.3 Å². The summed E-state index contributed by atoms with van der Waals surface area (Å²) in [6, 6.07) is 0. The standard InChI is InChI=1S/C13H23N3OS/c1-10(2)8-16-7-6-14-11(12(16)17)15-9-13(3,4)18-5/h6-7,10H,8-9H2,1-5H3,(H,14,15). The van der Waals surface area contributed by atoms with Gasteiger partial charge in [0, 0.05) is 30.2 Å². The number of nitrogens with zero attached hydrogens (tertiary/aromatic N) is 2. The number of thioether (sulfide) groups is 1. The molecule has 0 saturated heterocycles. The Balaban J connectivity index is 2.81. The molecule has 0 radical (unpaired) electrons. The molecule has 1 aromatic rings. The van der Waals surface area contributed by atoms with Gasteiger partial charge >= 0.3 is 0 Å². The van der Waals surface area contributed by atoms with Crippen molar-refractivity contribution < 1.29 is 0 Å². The topological polar surface area (TPSA) is 46.9 Å². The maximum atomic E-state index is 12.1. The van der Waals surface area contributed by atoms with Crippen molar-refractivity contribution in [3.8, 4) is 0 Å². The quantitative estimate of drug-likeness (QED) is 0.861. The fourth-order valence-electron chi connectivity index (χ4n) is 1.47. The van der Waals surface area contributed by atoms with Crippen LogP contribution in [0.15, 0.2) is 17.2 Å². The molecule has 0 saturated carbocycles. The van der Waals surface area contributed by atoms with Gasteiger partial charge < -0.3 is 9.88 Å². The Hall–Kier alpha value is -0.970. The summed E-state index contributed by atoms with van der Waals surface area (Å²) in [6.07, 6.45) is 5.49. The van der Waals surface area contributed by atoms with E-state index < -0.39 is 0 Å². The van der Waals surface area contributed by atoms with Gasteiger partial charge in [-0.05, 0) is 26.0 Å². The van der Waals surface area contributed by atoms with Crippen molar-refractivity contribution in [3.63, 3.8) is 0 Å². The number of rotatable bonds is 6. The second-order valence-electron chi connectivity index (χ2n) is 5.44. The molecule has 1 N–H and O–H groups in total. The third-order valence-corrected chi connectivity index (χ3v) is 3.96. The molecule has 0 aliphatic rings. The lowest BCUT2D eigenvalue weighted by molar-refractivity contribution is 0.509. The van der Waals surface area contributed by atoms with Crippen LogP contribution in [-0.4, -0.2) is 27.1 Å². The molecule has 5 heteroatoms. The minimum absolute atomic E-state index is 0.0388. The summed E-state index contributed by atoms with van der Waals surface area (Å²) < 4.78 is 1.80. The van der Waals surface area contributed by atoms with Crippen LogP contribution in [0.2, 0.25) is 0 Å². The highest BCUT2D eigenvalue weighted by atomic mass is 32.2. The van der Waals surface area contributed by atoms with Gasteiger partial charge in [-0.1, -0.05) is 13.8 Å². The zero-order valence-corrected chi connectivity index (χ0v) is 12.7. The third-order valence-electron chi connectivity index (χ3n) is 2.71. The molecule has 4 nitrogen and oxygen atoms in total. The molecule has 1 rings (SSSR count). The molecule has 0 spiro atoms. The molecule has 1 heterocycles. The fraction of sp³-hybridized carbons (Fsp3) is 0.692. The van der Waals surface area contributed by atoms with E-state index in [1.807, 2.05) is 0 Å². The average molecular weight is 269 g/mol. The van der Waals surface area contributed by atoms with Crippen LogP contribution in [0.4, 0.5) is 5.82 Å². The van der Waals surface area contributed by atoms with Crippen LogP contribution in [0.5, 0.6) is 0 Å². The smallest absolute Gasteiger partial charge is 0.293 e. The van der Waals surface area contributed by atoms with E-state index in [0.717, 1.165) is 13.1 Å². The normalized spacial score (nSPS) is 11.9. The maximum Gasteiger partial charge on any atom is 0.293 e. The van der Waals surface area contributed by atoms with Crippen molar-refractivity contribution in [2.45, 2.75) is 39.0 Å². The first-order valence-corrected chi connectivity index (χ1v) is 7.42. The molecule has 0 aliphatic carbocycles. The molecule has 1 aromatic heterocycles. The van der Waals surface area contributed by atoms with Crippen LogP contribution < -0.4 is 10.9 Å². The van der Waals surface area contributed by atoms with Crippen molar-refractivity contribution in [1.82, 2.24) is 9.55 Å². The first-order valence-electron chi connectivity index (χ1n) is 6.20. The van der Waals surface area contributed by atoms with Crippen molar-refractivity contribution in [1.29, 1.82) is 0 Å². The predicted octanol–water partition coefficient (Wildman–Crippen LogP) is 2.45. The van der Waals surface area contributed by atoms with Crippen LogP contribution >= 0.6 is 11.8 Å². The van der Waals surface area contributed by atoms with E-state index >= 15 is 0 Å². The first-order chi connectivity index (χ1) is 8.35. The summed E-state index contributed by atoms with van der Waals surface area (Å²) >= 11 is 1.77. The molecule has 102 valence electrons. The fourth-order valence-corrected chi connectivity index (χ4v) is 1.69. The van der Waals surface area contributed by atoms with E-state index in [1.54, 1.807) is 28.7 Å². The van der Waals surface area contributed by atoms with Crippen molar-refractivity contribution in [3.05, 3.63) is 22.7 Å². The molecular weight excluding hydrogens is 246 g/mol. The van der Waals surface area contributed by atoms with Crippen molar-refractivity contribution in [2.24, 2.45) is 5.92 Å². The molecule has 0 unspecified atom stereocenters. The minimum atomic E-state index is -0.0388. The summed E-state index contributed by atoms with van der Waals surface area (Å²) in [5, 5.41) is 3.15. The van der Waals surface area contributed by atoms with E-state index in [4.69, 9.17) is 0 Å². The van der Waals surface area contributed by atoms with Crippen LogP contribution in [-0.2, 0) is 6.54 Å². The highest BCUT2D eigenvalue weighted by Crippen LogP contribution is 2.20. The lowest BCUT2D eigenvalue weighted by Gasteiger charge is -2.22. The highest BCUT2D eigenvalue weighted by Gasteiger charge is 2.16. The monoisotopic (exact) mass is 269 g/mol. The van der Waals surface area contributed by atoms with Gasteiger partial charge in [-0.2, -0.15) is 11.8 Å². The van der Waals surface area contributed by atoms with Crippen LogP contribution in [0, 0.1) is 5.92 Å². The Labute approximate surface area is 113 Å². The molecule has 0 fully saturated rings. The Morgan fingerprint density at radius 3 is 2.72 bits per heavy atom.